The van der Waals surface area contributed by atoms with E-state index in [1.165, 1.54) is 34.3 Å². The zero-order valence-corrected chi connectivity index (χ0v) is 11.5. The van der Waals surface area contributed by atoms with Crippen LogP contribution in [0.3, 0.4) is 0 Å². The average Bonchev–Trinajstić information content (AvgIpc) is 2.74. The van der Waals surface area contributed by atoms with Crippen molar-refractivity contribution in [1.29, 1.82) is 0 Å². The predicted octanol–water partition coefficient (Wildman–Crippen LogP) is 3.96. The van der Waals surface area contributed by atoms with Crippen molar-refractivity contribution in [2.24, 2.45) is 11.7 Å². The van der Waals surface area contributed by atoms with E-state index in [0.717, 1.165) is 12.3 Å². The van der Waals surface area contributed by atoms with Crippen LogP contribution < -0.4 is 5.73 Å². The Kier molecular flexibility index (Phi) is 3.53. The highest BCUT2D eigenvalue weighted by atomic mass is 79.9. The molecule has 2 atom stereocenters. The summed E-state index contributed by atoms with van der Waals surface area (Å²) < 4.78 is 1.21. The van der Waals surface area contributed by atoms with Crippen molar-refractivity contribution in [3.63, 3.8) is 0 Å². The zero-order chi connectivity index (χ0) is 10.9. The Morgan fingerprint density at radius 1 is 1.60 bits per heavy atom. The Morgan fingerprint density at radius 3 is 2.93 bits per heavy atom. The number of thiophene rings is 1. The molecule has 1 saturated carbocycles. The SMILES string of the molecule is CCC1CCC(N)(Cc2ccc(Br)s2)C1. The number of halogens is 1. The molecule has 0 saturated heterocycles. The van der Waals surface area contributed by atoms with Gasteiger partial charge >= 0.3 is 0 Å². The summed E-state index contributed by atoms with van der Waals surface area (Å²) in [5.74, 6) is 0.860. The van der Waals surface area contributed by atoms with Gasteiger partial charge in [-0.25, -0.2) is 0 Å². The van der Waals surface area contributed by atoms with Gasteiger partial charge in [0.05, 0.1) is 3.79 Å². The smallest absolute Gasteiger partial charge is 0.0701 e. The van der Waals surface area contributed by atoms with E-state index in [4.69, 9.17) is 5.73 Å². The van der Waals surface area contributed by atoms with E-state index in [1.807, 2.05) is 11.3 Å². The van der Waals surface area contributed by atoms with E-state index in [0.29, 0.717) is 0 Å². The molecule has 0 amide bonds. The van der Waals surface area contributed by atoms with E-state index >= 15 is 0 Å². The van der Waals surface area contributed by atoms with Gasteiger partial charge in [-0.15, -0.1) is 11.3 Å². The van der Waals surface area contributed by atoms with E-state index in [9.17, 15) is 0 Å². The molecule has 84 valence electrons. The quantitative estimate of drug-likeness (QED) is 0.895. The minimum absolute atomic E-state index is 0.0744. The summed E-state index contributed by atoms with van der Waals surface area (Å²) in [5, 5.41) is 0. The maximum Gasteiger partial charge on any atom is 0.0701 e. The van der Waals surface area contributed by atoms with Crippen LogP contribution in [0.1, 0.15) is 37.5 Å². The summed E-state index contributed by atoms with van der Waals surface area (Å²) in [6.45, 7) is 2.28. The summed E-state index contributed by atoms with van der Waals surface area (Å²) in [5.41, 5.74) is 6.53. The van der Waals surface area contributed by atoms with Crippen molar-refractivity contribution >= 4 is 27.3 Å². The second-order valence-electron chi connectivity index (χ2n) is 4.76. The maximum absolute atomic E-state index is 6.46. The number of rotatable bonds is 3. The molecule has 0 aromatic carbocycles. The lowest BCUT2D eigenvalue weighted by atomic mass is 9.92. The van der Waals surface area contributed by atoms with E-state index in [2.05, 4.69) is 35.0 Å². The molecule has 1 fully saturated rings. The first kappa shape index (κ1) is 11.6. The first-order chi connectivity index (χ1) is 7.11. The minimum atomic E-state index is 0.0744. The lowest BCUT2D eigenvalue weighted by Gasteiger charge is -2.23. The third kappa shape index (κ3) is 2.83. The maximum atomic E-state index is 6.46. The monoisotopic (exact) mass is 287 g/mol. The van der Waals surface area contributed by atoms with Gasteiger partial charge < -0.3 is 5.73 Å². The Morgan fingerprint density at radius 2 is 2.40 bits per heavy atom. The molecule has 1 aliphatic carbocycles. The molecule has 15 heavy (non-hydrogen) atoms. The molecule has 3 heteroatoms. The summed E-state index contributed by atoms with van der Waals surface area (Å²) in [7, 11) is 0. The lowest BCUT2D eigenvalue weighted by molar-refractivity contribution is 0.409. The largest absolute Gasteiger partial charge is 0.325 e. The molecule has 2 N–H and O–H groups in total. The molecular weight excluding hydrogens is 270 g/mol. The standard InChI is InChI=1S/C12H18BrNS/c1-2-9-5-6-12(14,7-9)8-10-3-4-11(13)15-10/h3-4,9H,2,5-8,14H2,1H3. The number of nitrogens with two attached hydrogens (primary N) is 1. The first-order valence-electron chi connectivity index (χ1n) is 5.64. The van der Waals surface area contributed by atoms with Crippen LogP contribution in [-0.2, 0) is 6.42 Å². The van der Waals surface area contributed by atoms with Crippen LogP contribution >= 0.6 is 27.3 Å². The van der Waals surface area contributed by atoms with Crippen molar-refractivity contribution in [3.05, 3.63) is 20.8 Å². The molecule has 0 spiro atoms. The summed E-state index contributed by atoms with van der Waals surface area (Å²) in [6, 6.07) is 4.32. The highest BCUT2D eigenvalue weighted by Crippen LogP contribution is 2.38. The molecule has 2 unspecified atom stereocenters. The average molecular weight is 288 g/mol. The fourth-order valence-corrected chi connectivity index (χ4v) is 4.21. The molecule has 1 heterocycles. The van der Waals surface area contributed by atoms with Gasteiger partial charge in [0.25, 0.3) is 0 Å². The van der Waals surface area contributed by atoms with Gasteiger partial charge in [-0.05, 0) is 59.7 Å². The molecule has 0 radical (unpaired) electrons. The third-order valence-corrected chi connectivity index (χ3v) is 5.10. The van der Waals surface area contributed by atoms with Crippen molar-refractivity contribution in [2.75, 3.05) is 0 Å². The predicted molar refractivity (Wildman–Crippen MR) is 70.3 cm³/mol. The van der Waals surface area contributed by atoms with Gasteiger partial charge in [0.1, 0.15) is 0 Å². The van der Waals surface area contributed by atoms with Crippen molar-refractivity contribution in [1.82, 2.24) is 0 Å². The van der Waals surface area contributed by atoms with Gasteiger partial charge in [0.2, 0.25) is 0 Å². The fourth-order valence-electron chi connectivity index (χ4n) is 2.57. The van der Waals surface area contributed by atoms with Crippen molar-refractivity contribution < 1.29 is 0 Å². The van der Waals surface area contributed by atoms with Gasteiger partial charge in [0, 0.05) is 10.4 Å². The summed E-state index contributed by atoms with van der Waals surface area (Å²) in [4.78, 5) is 1.42. The minimum Gasteiger partial charge on any atom is -0.325 e. The van der Waals surface area contributed by atoms with Crippen molar-refractivity contribution in [3.8, 4) is 0 Å². The summed E-state index contributed by atoms with van der Waals surface area (Å²) in [6.07, 6.45) is 6.06. The molecule has 2 rings (SSSR count). The van der Waals surface area contributed by atoms with Crippen LogP contribution in [0.15, 0.2) is 15.9 Å². The fraction of sp³-hybridized carbons (Fsp3) is 0.667. The second-order valence-corrected chi connectivity index (χ2v) is 7.31. The van der Waals surface area contributed by atoms with Crippen LogP contribution in [0.25, 0.3) is 0 Å². The van der Waals surface area contributed by atoms with Crippen LogP contribution in [0, 0.1) is 5.92 Å². The topological polar surface area (TPSA) is 26.0 Å². The highest BCUT2D eigenvalue weighted by Gasteiger charge is 2.35. The Bertz CT molecular complexity index is 336. The Hall–Kier alpha value is 0.140. The van der Waals surface area contributed by atoms with Crippen LogP contribution in [0.4, 0.5) is 0 Å². The number of hydrogen-bond donors (Lipinski definition) is 1. The summed E-state index contributed by atoms with van der Waals surface area (Å²) >= 11 is 5.32. The molecule has 1 aromatic heterocycles. The number of hydrogen-bond acceptors (Lipinski definition) is 2. The normalized spacial score (nSPS) is 31.0. The zero-order valence-electron chi connectivity index (χ0n) is 9.13. The highest BCUT2D eigenvalue weighted by molar-refractivity contribution is 9.11. The third-order valence-electron chi connectivity index (χ3n) is 3.48. The van der Waals surface area contributed by atoms with Crippen LogP contribution in [0.2, 0.25) is 0 Å². The Balaban J connectivity index is 2.00. The van der Waals surface area contributed by atoms with Gasteiger partial charge in [0.15, 0.2) is 0 Å². The molecule has 1 nitrogen and oxygen atoms in total. The Labute approximate surface area is 104 Å². The van der Waals surface area contributed by atoms with Crippen LogP contribution in [-0.4, -0.2) is 5.54 Å². The van der Waals surface area contributed by atoms with Gasteiger partial charge in [-0.2, -0.15) is 0 Å². The first-order valence-corrected chi connectivity index (χ1v) is 7.25. The molecular formula is C12H18BrNS. The second kappa shape index (κ2) is 4.56. The van der Waals surface area contributed by atoms with Gasteiger partial charge in [-0.1, -0.05) is 13.3 Å². The van der Waals surface area contributed by atoms with Gasteiger partial charge in [-0.3, -0.25) is 0 Å². The molecule has 0 bridgehead atoms. The van der Waals surface area contributed by atoms with Crippen molar-refractivity contribution in [2.45, 2.75) is 44.6 Å². The molecule has 1 aromatic rings. The van der Waals surface area contributed by atoms with E-state index in [-0.39, 0.29) is 5.54 Å². The molecule has 0 aliphatic heterocycles. The lowest BCUT2D eigenvalue weighted by Crippen LogP contribution is -2.39. The van der Waals surface area contributed by atoms with Crippen LogP contribution in [0.5, 0.6) is 0 Å². The molecule has 1 aliphatic rings. The van der Waals surface area contributed by atoms with E-state index < -0.39 is 0 Å². The van der Waals surface area contributed by atoms with E-state index in [1.54, 1.807) is 0 Å².